The van der Waals surface area contributed by atoms with Crippen molar-refractivity contribution in [2.75, 3.05) is 23.7 Å². The molecule has 1 aromatic heterocycles. The highest BCUT2D eigenvalue weighted by molar-refractivity contribution is 6.29. The zero-order chi connectivity index (χ0) is 19.2. The Hall–Kier alpha value is -2.93. The number of halogens is 1. The van der Waals surface area contributed by atoms with Gasteiger partial charge in [-0.2, -0.15) is 0 Å². The van der Waals surface area contributed by atoms with Crippen LogP contribution in [0.3, 0.4) is 0 Å². The van der Waals surface area contributed by atoms with E-state index in [4.69, 9.17) is 11.6 Å². The molecule has 1 fully saturated rings. The van der Waals surface area contributed by atoms with Crippen LogP contribution >= 0.6 is 11.6 Å². The molecule has 3 rings (SSSR count). The molecule has 1 saturated heterocycles. The van der Waals surface area contributed by atoms with Crippen molar-refractivity contribution in [3.63, 3.8) is 0 Å². The summed E-state index contributed by atoms with van der Waals surface area (Å²) in [5.41, 5.74) is 1.20. The summed E-state index contributed by atoms with van der Waals surface area (Å²) in [4.78, 5) is 34.1. The third-order valence-electron chi connectivity index (χ3n) is 4.27. The molecule has 140 valence electrons. The average molecular weight is 386 g/mol. The Balaban J connectivity index is 1.61. The Kier molecular flexibility index (Phi) is 6.03. The second kappa shape index (κ2) is 8.64. The maximum atomic E-state index is 12.8. The van der Waals surface area contributed by atoms with Crippen molar-refractivity contribution in [1.29, 1.82) is 0 Å². The van der Waals surface area contributed by atoms with Crippen LogP contribution in [0.4, 0.5) is 11.5 Å². The normalized spacial score (nSPS) is 16.5. The van der Waals surface area contributed by atoms with Crippen molar-refractivity contribution in [3.05, 3.63) is 60.0 Å². The van der Waals surface area contributed by atoms with Gasteiger partial charge in [-0.1, -0.05) is 18.2 Å². The third-order valence-corrected chi connectivity index (χ3v) is 4.46. The van der Waals surface area contributed by atoms with Gasteiger partial charge in [-0.3, -0.25) is 9.59 Å². The summed E-state index contributed by atoms with van der Waals surface area (Å²) in [7, 11) is 0. The number of aromatic nitrogens is 2. The highest BCUT2D eigenvalue weighted by Gasteiger charge is 2.24. The number of carbonyl (C=O) groups excluding carboxylic acids is 2. The standard InChI is InChI=1S/C19H20ClN5O2/c1-2-18(26)24-14-7-5-13(6-8-14)19(27)25-9-3-4-15(12-25)23-17-11-21-16(20)10-22-17/h2,5-8,10-11,15H,1,3-4,9,12H2,(H,22,23)(H,24,26). The minimum absolute atomic E-state index is 0.0368. The summed E-state index contributed by atoms with van der Waals surface area (Å²) < 4.78 is 0. The fraction of sp³-hybridized carbons (Fsp3) is 0.263. The minimum Gasteiger partial charge on any atom is -0.364 e. The van der Waals surface area contributed by atoms with Gasteiger partial charge in [0.1, 0.15) is 11.0 Å². The van der Waals surface area contributed by atoms with Gasteiger partial charge in [-0.25, -0.2) is 9.97 Å². The van der Waals surface area contributed by atoms with Crippen molar-refractivity contribution in [2.45, 2.75) is 18.9 Å². The number of piperidine rings is 1. The second-order valence-corrected chi connectivity index (χ2v) is 6.62. The molecule has 1 atom stereocenters. The van der Waals surface area contributed by atoms with Crippen LogP contribution in [-0.4, -0.2) is 45.8 Å². The van der Waals surface area contributed by atoms with Gasteiger partial charge in [-0.05, 0) is 43.2 Å². The van der Waals surface area contributed by atoms with Gasteiger partial charge in [0.2, 0.25) is 5.91 Å². The topological polar surface area (TPSA) is 87.2 Å². The van der Waals surface area contributed by atoms with E-state index < -0.39 is 0 Å². The van der Waals surface area contributed by atoms with Crippen LogP contribution in [0.1, 0.15) is 23.2 Å². The number of hydrogen-bond acceptors (Lipinski definition) is 5. The van der Waals surface area contributed by atoms with Crippen molar-refractivity contribution >= 4 is 34.9 Å². The molecule has 2 aromatic rings. The van der Waals surface area contributed by atoms with Gasteiger partial charge in [0.15, 0.2) is 0 Å². The van der Waals surface area contributed by atoms with E-state index in [2.05, 4.69) is 27.2 Å². The monoisotopic (exact) mass is 385 g/mol. The van der Waals surface area contributed by atoms with E-state index in [9.17, 15) is 9.59 Å². The predicted octanol–water partition coefficient (Wildman–Crippen LogP) is 2.97. The first-order chi connectivity index (χ1) is 13.0. The van der Waals surface area contributed by atoms with E-state index in [1.165, 1.54) is 12.3 Å². The van der Waals surface area contributed by atoms with Crippen molar-refractivity contribution in [2.24, 2.45) is 0 Å². The Labute approximate surface area is 162 Å². The first-order valence-electron chi connectivity index (χ1n) is 8.62. The lowest BCUT2D eigenvalue weighted by atomic mass is 10.0. The second-order valence-electron chi connectivity index (χ2n) is 6.23. The van der Waals surface area contributed by atoms with E-state index in [0.717, 1.165) is 12.8 Å². The first-order valence-corrected chi connectivity index (χ1v) is 9.00. The Bertz CT molecular complexity index is 823. The molecule has 1 aliphatic rings. The number of nitrogens with one attached hydrogen (secondary N) is 2. The van der Waals surface area contributed by atoms with Crippen LogP contribution in [0.15, 0.2) is 49.3 Å². The fourth-order valence-corrected chi connectivity index (χ4v) is 3.04. The highest BCUT2D eigenvalue weighted by Crippen LogP contribution is 2.18. The SMILES string of the molecule is C=CC(=O)Nc1ccc(C(=O)N2CCCC(Nc3cnc(Cl)cn3)C2)cc1. The van der Waals surface area contributed by atoms with Crippen LogP contribution in [0.2, 0.25) is 5.15 Å². The number of carbonyl (C=O) groups is 2. The van der Waals surface area contributed by atoms with Gasteiger partial charge in [0.05, 0.1) is 12.4 Å². The highest BCUT2D eigenvalue weighted by atomic mass is 35.5. The summed E-state index contributed by atoms with van der Waals surface area (Å²) in [6.07, 6.45) is 6.12. The average Bonchev–Trinajstić information content (AvgIpc) is 2.70. The van der Waals surface area contributed by atoms with E-state index in [0.29, 0.717) is 35.3 Å². The molecular weight excluding hydrogens is 366 g/mol. The van der Waals surface area contributed by atoms with E-state index in [-0.39, 0.29) is 17.9 Å². The van der Waals surface area contributed by atoms with Crippen molar-refractivity contribution in [3.8, 4) is 0 Å². The van der Waals surface area contributed by atoms with Gasteiger partial charge in [0.25, 0.3) is 5.91 Å². The maximum Gasteiger partial charge on any atom is 0.253 e. The number of likely N-dealkylation sites (tertiary alicyclic amines) is 1. The first kappa shape index (κ1) is 18.8. The molecule has 2 N–H and O–H groups in total. The summed E-state index contributed by atoms with van der Waals surface area (Å²) >= 11 is 5.75. The smallest absolute Gasteiger partial charge is 0.253 e. The number of nitrogens with zero attached hydrogens (tertiary/aromatic N) is 3. The zero-order valence-electron chi connectivity index (χ0n) is 14.7. The molecule has 0 spiro atoms. The van der Waals surface area contributed by atoms with E-state index >= 15 is 0 Å². The van der Waals surface area contributed by atoms with Crippen LogP contribution in [0, 0.1) is 0 Å². The predicted molar refractivity (Wildman–Crippen MR) is 105 cm³/mol. The summed E-state index contributed by atoms with van der Waals surface area (Å²) in [5.74, 6) is 0.315. The number of benzene rings is 1. The lowest BCUT2D eigenvalue weighted by Crippen LogP contribution is -2.45. The van der Waals surface area contributed by atoms with E-state index in [1.54, 1.807) is 30.5 Å². The van der Waals surface area contributed by atoms with Gasteiger partial charge in [-0.15, -0.1) is 0 Å². The Morgan fingerprint density at radius 2 is 2.00 bits per heavy atom. The molecule has 0 radical (unpaired) electrons. The van der Waals surface area contributed by atoms with Gasteiger partial charge in [0, 0.05) is 30.4 Å². The van der Waals surface area contributed by atoms with E-state index in [1.807, 2.05) is 4.90 Å². The summed E-state index contributed by atoms with van der Waals surface area (Å²) in [5, 5.41) is 6.30. The molecule has 1 aliphatic heterocycles. The van der Waals surface area contributed by atoms with Crippen LogP contribution in [0.25, 0.3) is 0 Å². The molecule has 7 nitrogen and oxygen atoms in total. The molecule has 8 heteroatoms. The lowest BCUT2D eigenvalue weighted by molar-refractivity contribution is -0.111. The Morgan fingerprint density at radius 1 is 1.22 bits per heavy atom. The molecule has 1 unspecified atom stereocenters. The fourth-order valence-electron chi connectivity index (χ4n) is 2.95. The number of hydrogen-bond donors (Lipinski definition) is 2. The van der Waals surface area contributed by atoms with Crippen LogP contribution < -0.4 is 10.6 Å². The molecular formula is C19H20ClN5O2. The zero-order valence-corrected chi connectivity index (χ0v) is 15.4. The maximum absolute atomic E-state index is 12.8. The summed E-state index contributed by atoms with van der Waals surface area (Å²) in [6, 6.07) is 6.94. The number of amides is 2. The third kappa shape index (κ3) is 5.04. The molecule has 0 saturated carbocycles. The summed E-state index contributed by atoms with van der Waals surface area (Å²) in [6.45, 7) is 4.70. The number of anilines is 2. The Morgan fingerprint density at radius 3 is 2.67 bits per heavy atom. The molecule has 2 amide bonds. The van der Waals surface area contributed by atoms with Crippen molar-refractivity contribution < 1.29 is 9.59 Å². The lowest BCUT2D eigenvalue weighted by Gasteiger charge is -2.33. The molecule has 2 heterocycles. The number of rotatable bonds is 5. The molecule has 1 aromatic carbocycles. The minimum atomic E-state index is -0.288. The van der Waals surface area contributed by atoms with Crippen molar-refractivity contribution in [1.82, 2.24) is 14.9 Å². The van der Waals surface area contributed by atoms with Gasteiger partial charge < -0.3 is 15.5 Å². The molecule has 0 aliphatic carbocycles. The molecule has 0 bridgehead atoms. The largest absolute Gasteiger partial charge is 0.364 e. The van der Waals surface area contributed by atoms with Crippen LogP contribution in [0.5, 0.6) is 0 Å². The van der Waals surface area contributed by atoms with Gasteiger partial charge >= 0.3 is 0 Å². The van der Waals surface area contributed by atoms with Crippen LogP contribution in [-0.2, 0) is 4.79 Å². The molecule has 27 heavy (non-hydrogen) atoms. The quantitative estimate of drug-likeness (QED) is 0.772.